The number of carbonyl (C=O) groups is 4. The van der Waals surface area contributed by atoms with Crippen molar-refractivity contribution in [2.75, 3.05) is 19.0 Å². The van der Waals surface area contributed by atoms with Gasteiger partial charge in [0.1, 0.15) is 6.04 Å². The van der Waals surface area contributed by atoms with E-state index in [-0.39, 0.29) is 34.9 Å². The van der Waals surface area contributed by atoms with E-state index in [2.05, 4.69) is 20.7 Å². The van der Waals surface area contributed by atoms with E-state index in [1.807, 2.05) is 0 Å². The highest BCUT2D eigenvalue weighted by Crippen LogP contribution is 2.52. The number of hydrogen-bond acceptors (Lipinski definition) is 8. The maximum Gasteiger partial charge on any atom is 0.407 e. The molecule has 2 aromatic carbocycles. The van der Waals surface area contributed by atoms with Crippen LogP contribution >= 0.6 is 11.6 Å². The molecule has 4 amide bonds. The van der Waals surface area contributed by atoms with Gasteiger partial charge in [-0.1, -0.05) is 11.6 Å². The molecule has 4 rings (SSSR count). The number of fused-ring (bicyclic) bond motifs is 2. The number of sulfone groups is 1. The van der Waals surface area contributed by atoms with E-state index in [0.717, 1.165) is 13.2 Å². The summed E-state index contributed by atoms with van der Waals surface area (Å²) in [5.74, 6) is -8.49. The smallest absolute Gasteiger partial charge is 0.407 e. The Morgan fingerprint density at radius 2 is 1.69 bits per heavy atom. The Kier molecular flexibility index (Phi) is 9.99. The number of aliphatic hydroxyl groups is 1. The summed E-state index contributed by atoms with van der Waals surface area (Å²) in [5, 5.41) is 17.3. The first-order valence-electron chi connectivity index (χ1n) is 13.7. The molecule has 0 spiro atoms. The van der Waals surface area contributed by atoms with E-state index < -0.39 is 91.9 Å². The van der Waals surface area contributed by atoms with Gasteiger partial charge in [0.05, 0.1) is 34.3 Å². The topological polar surface area (TPSA) is 194 Å². The molecule has 17 heteroatoms. The van der Waals surface area contributed by atoms with Gasteiger partial charge >= 0.3 is 6.09 Å². The molecule has 2 aliphatic carbocycles. The van der Waals surface area contributed by atoms with Gasteiger partial charge in [-0.25, -0.2) is 26.4 Å². The number of halogens is 4. The van der Waals surface area contributed by atoms with E-state index in [9.17, 15) is 45.9 Å². The third kappa shape index (κ3) is 7.17. The number of alkyl carbamates (subject to hydrolysis) is 1. The predicted octanol–water partition coefficient (Wildman–Crippen LogP) is 2.42. The van der Waals surface area contributed by atoms with Crippen molar-refractivity contribution in [2.45, 2.75) is 53.9 Å². The molecule has 0 aromatic heterocycles. The van der Waals surface area contributed by atoms with Gasteiger partial charge in [-0.3, -0.25) is 14.4 Å². The number of rotatable bonds is 10. The highest BCUT2D eigenvalue weighted by atomic mass is 35.5. The van der Waals surface area contributed by atoms with Crippen LogP contribution in [0.15, 0.2) is 35.2 Å². The van der Waals surface area contributed by atoms with Crippen molar-refractivity contribution in [3.8, 4) is 0 Å². The zero-order valence-electron chi connectivity index (χ0n) is 23.7. The van der Waals surface area contributed by atoms with Crippen LogP contribution in [-0.2, 0) is 24.2 Å². The van der Waals surface area contributed by atoms with Crippen molar-refractivity contribution in [3.05, 3.63) is 58.4 Å². The summed E-state index contributed by atoms with van der Waals surface area (Å²) in [7, 11) is -3.12. The van der Waals surface area contributed by atoms with E-state index in [4.69, 9.17) is 17.3 Å². The van der Waals surface area contributed by atoms with Crippen molar-refractivity contribution in [1.82, 2.24) is 10.6 Å². The first kappa shape index (κ1) is 34.0. The molecule has 3 atom stereocenters. The summed E-state index contributed by atoms with van der Waals surface area (Å²) in [6, 6.07) is 3.19. The fraction of sp³-hybridized carbons (Fsp3) is 0.429. The van der Waals surface area contributed by atoms with Crippen LogP contribution in [0, 0.1) is 29.3 Å². The fourth-order valence-electron chi connectivity index (χ4n) is 5.99. The van der Waals surface area contributed by atoms with Crippen LogP contribution in [0.2, 0.25) is 5.02 Å². The number of benzene rings is 2. The third-order valence-corrected chi connectivity index (χ3v) is 11.0. The summed E-state index contributed by atoms with van der Waals surface area (Å²) in [6.45, 7) is -0.285. The Balaban J connectivity index is 1.48. The molecule has 12 nitrogen and oxygen atoms in total. The lowest BCUT2D eigenvalue weighted by atomic mass is 9.74. The largest absolute Gasteiger partial charge is 0.453 e. The van der Waals surface area contributed by atoms with E-state index in [1.165, 1.54) is 12.1 Å². The molecule has 0 radical (unpaired) electrons. The van der Waals surface area contributed by atoms with Gasteiger partial charge in [0, 0.05) is 29.9 Å². The van der Waals surface area contributed by atoms with Crippen molar-refractivity contribution in [3.63, 3.8) is 0 Å². The lowest BCUT2D eigenvalue weighted by molar-refractivity contribution is -0.129. The number of anilines is 1. The summed E-state index contributed by atoms with van der Waals surface area (Å²) in [4.78, 5) is 48.2. The Hall–Kier alpha value is -3.89. The maximum absolute atomic E-state index is 13.8. The summed E-state index contributed by atoms with van der Waals surface area (Å²) in [6.07, 6.45) is -0.597. The minimum absolute atomic E-state index is 0.00276. The average Bonchev–Trinajstić information content (AvgIpc) is 3.12. The highest BCUT2D eigenvalue weighted by Gasteiger charge is 2.55. The summed E-state index contributed by atoms with van der Waals surface area (Å²) >= 11 is 6.24. The molecule has 6 N–H and O–H groups in total. The van der Waals surface area contributed by atoms with Crippen LogP contribution in [0.4, 0.5) is 23.7 Å². The zero-order valence-corrected chi connectivity index (χ0v) is 25.3. The van der Waals surface area contributed by atoms with Crippen molar-refractivity contribution >= 4 is 50.9 Å². The fourth-order valence-corrected chi connectivity index (χ4v) is 8.39. The SMILES string of the molecule is COC(=O)N[C@@H](CC(N)=O)C(=O)NCC1(O)C2CCC1CC(S(=O)(=O)c1cc(C(=O)Nc3cc(F)c(F)c(F)c3)ccc1Cl)C2. The Bertz CT molecular complexity index is 1610. The van der Waals surface area contributed by atoms with Gasteiger partial charge < -0.3 is 31.5 Å². The molecule has 45 heavy (non-hydrogen) atoms. The molecule has 2 unspecified atom stereocenters. The minimum Gasteiger partial charge on any atom is -0.453 e. The average molecular weight is 675 g/mol. The van der Waals surface area contributed by atoms with Crippen molar-refractivity contribution in [1.29, 1.82) is 0 Å². The lowest BCUT2D eigenvalue weighted by Crippen LogP contribution is -2.57. The van der Waals surface area contributed by atoms with Gasteiger partial charge in [-0.2, -0.15) is 0 Å². The first-order valence-corrected chi connectivity index (χ1v) is 15.6. The van der Waals surface area contributed by atoms with Crippen molar-refractivity contribution in [2.24, 2.45) is 17.6 Å². The molecular formula is C28H30ClF3N4O8S. The lowest BCUT2D eigenvalue weighted by Gasteiger charge is -2.42. The highest BCUT2D eigenvalue weighted by molar-refractivity contribution is 7.92. The second-order valence-corrected chi connectivity index (χ2v) is 13.6. The molecule has 2 saturated carbocycles. The van der Waals surface area contributed by atoms with Gasteiger partial charge in [-0.05, 0) is 55.7 Å². The molecule has 2 bridgehead atoms. The Morgan fingerprint density at radius 1 is 1.09 bits per heavy atom. The van der Waals surface area contributed by atoms with Gasteiger partial charge in [-0.15, -0.1) is 0 Å². The van der Waals surface area contributed by atoms with Gasteiger partial charge in [0.25, 0.3) is 5.91 Å². The molecular weight excluding hydrogens is 645 g/mol. The van der Waals surface area contributed by atoms with E-state index in [1.54, 1.807) is 0 Å². The normalized spacial score (nSPS) is 23.1. The molecule has 0 aliphatic heterocycles. The van der Waals surface area contributed by atoms with Crippen LogP contribution in [-0.4, -0.2) is 67.9 Å². The molecule has 0 heterocycles. The molecule has 2 aromatic rings. The Labute approximate surface area is 260 Å². The van der Waals surface area contributed by atoms with Gasteiger partial charge in [0.15, 0.2) is 27.3 Å². The molecule has 2 aliphatic rings. The number of primary amides is 1. The van der Waals surface area contributed by atoms with Crippen molar-refractivity contribution < 1.29 is 50.6 Å². The Morgan fingerprint density at radius 3 is 2.24 bits per heavy atom. The van der Waals surface area contributed by atoms with E-state index >= 15 is 0 Å². The first-order chi connectivity index (χ1) is 21.1. The second-order valence-electron chi connectivity index (χ2n) is 11.0. The summed E-state index contributed by atoms with van der Waals surface area (Å²) in [5.41, 5.74) is 3.08. The molecule has 2 fully saturated rings. The van der Waals surface area contributed by atoms with Crippen LogP contribution in [0.25, 0.3) is 0 Å². The number of methoxy groups -OCH3 is 1. The van der Waals surface area contributed by atoms with Gasteiger partial charge in [0.2, 0.25) is 11.8 Å². The number of nitrogens with two attached hydrogens (primary N) is 1. The minimum atomic E-state index is -4.18. The van der Waals surface area contributed by atoms with Crippen LogP contribution in [0.1, 0.15) is 42.5 Å². The third-order valence-electron chi connectivity index (χ3n) is 8.30. The van der Waals surface area contributed by atoms with E-state index in [0.29, 0.717) is 25.0 Å². The number of carbonyl (C=O) groups excluding carboxylic acids is 4. The number of hydrogen-bond donors (Lipinski definition) is 5. The monoisotopic (exact) mass is 674 g/mol. The number of amides is 4. The number of ether oxygens (including phenoxy) is 1. The van der Waals surface area contributed by atoms with Crippen LogP contribution in [0.3, 0.4) is 0 Å². The quantitative estimate of drug-likeness (QED) is 0.237. The maximum atomic E-state index is 13.8. The standard InChI is InChI=1S/C28H30ClF3N4O8S/c1-44-27(40)36-21(11-23(33)37)26(39)34-12-28(41)14-3-4-15(28)8-17(7-14)45(42,43)22-6-13(2-5-18(22)29)25(38)35-16-9-19(30)24(32)20(31)10-16/h2,5-6,9-10,14-15,17,21,41H,3-4,7-8,11-12H2,1H3,(H2,33,37)(H,34,39)(H,35,38)(H,36,40)/t14?,15?,17?,21-,28?/m0/s1. The molecule has 0 saturated heterocycles. The molecule has 244 valence electrons. The summed E-state index contributed by atoms with van der Waals surface area (Å²) < 4.78 is 72.5. The van der Waals surface area contributed by atoms with Crippen LogP contribution in [0.5, 0.6) is 0 Å². The van der Waals surface area contributed by atoms with Crippen LogP contribution < -0.4 is 21.7 Å². The second kappa shape index (κ2) is 13.2. The number of nitrogens with one attached hydrogen (secondary N) is 3. The predicted molar refractivity (Wildman–Crippen MR) is 153 cm³/mol. The zero-order chi connectivity index (χ0) is 33.3.